The third-order valence-electron chi connectivity index (χ3n) is 3.44. The van der Waals surface area contributed by atoms with Crippen LogP contribution in [-0.4, -0.2) is 47.2 Å². The molecule has 1 aromatic carbocycles. The fourth-order valence-corrected chi connectivity index (χ4v) is 2.47. The van der Waals surface area contributed by atoms with E-state index in [0.717, 1.165) is 19.6 Å². The van der Waals surface area contributed by atoms with Gasteiger partial charge in [0, 0.05) is 52.3 Å². The van der Waals surface area contributed by atoms with Gasteiger partial charge < -0.3 is 16.6 Å². The first-order valence-electron chi connectivity index (χ1n) is 7.44. The van der Waals surface area contributed by atoms with E-state index in [9.17, 15) is 4.79 Å². The van der Waals surface area contributed by atoms with E-state index in [1.807, 2.05) is 39.0 Å². The van der Waals surface area contributed by atoms with Crippen LogP contribution in [0.15, 0.2) is 30.3 Å². The maximum Gasteiger partial charge on any atom is 0.408 e. The van der Waals surface area contributed by atoms with E-state index < -0.39 is 5.60 Å². The quantitative estimate of drug-likeness (QED) is 0.742. The maximum atomic E-state index is 12.1. The average molecular weight is 378 g/mol. The minimum Gasteiger partial charge on any atom is -0.444 e. The first kappa shape index (κ1) is 19.6. The van der Waals surface area contributed by atoms with Gasteiger partial charge in [-0.2, -0.15) is 0 Å². The van der Waals surface area contributed by atoms with Crippen LogP contribution in [-0.2, 0) is 44.0 Å². The van der Waals surface area contributed by atoms with Crippen molar-refractivity contribution >= 4 is 6.09 Å². The second-order valence-corrected chi connectivity index (χ2v) is 6.55. The number of ether oxygens (including phenoxy) is 1. The summed E-state index contributed by atoms with van der Waals surface area (Å²) in [5.41, 5.74) is 0.827. The van der Waals surface area contributed by atoms with Gasteiger partial charge in [0.25, 0.3) is 0 Å². The summed E-state index contributed by atoms with van der Waals surface area (Å²) in [4.78, 5) is 16.2. The Morgan fingerprint density at radius 1 is 1.27 bits per heavy atom. The van der Waals surface area contributed by atoms with Crippen LogP contribution in [0.5, 0.6) is 0 Å². The van der Waals surface area contributed by atoms with Crippen LogP contribution < -0.4 is 0 Å². The van der Waals surface area contributed by atoms with Crippen LogP contribution in [0.25, 0.3) is 0 Å². The molecule has 0 aromatic heterocycles. The van der Waals surface area contributed by atoms with Crippen LogP contribution >= 0.6 is 0 Å². The van der Waals surface area contributed by atoms with Crippen LogP contribution in [0, 0.1) is 6.92 Å². The van der Waals surface area contributed by atoms with Crippen molar-refractivity contribution in [2.24, 2.45) is 0 Å². The van der Waals surface area contributed by atoms with Gasteiger partial charge in [0.2, 0.25) is 0 Å². The fourth-order valence-electron chi connectivity index (χ4n) is 2.47. The van der Waals surface area contributed by atoms with E-state index in [4.69, 9.17) is 4.74 Å². The Labute approximate surface area is 159 Å². The molecule has 1 radical (unpaired) electrons. The number of hydrogen-bond donors (Lipinski definition) is 0. The van der Waals surface area contributed by atoms with Crippen LogP contribution in [0.2, 0.25) is 0 Å². The van der Waals surface area contributed by atoms with E-state index in [1.165, 1.54) is 5.56 Å². The molecule has 1 aromatic rings. The summed E-state index contributed by atoms with van der Waals surface area (Å²) in [6.07, 6.45) is -0.262. The Morgan fingerprint density at radius 2 is 1.91 bits per heavy atom. The summed E-state index contributed by atoms with van der Waals surface area (Å²) < 4.78 is 5.43. The minimum atomic E-state index is -0.460. The van der Waals surface area contributed by atoms with Gasteiger partial charge in [-0.15, -0.1) is 0 Å². The Bertz CT molecular complexity index is 473. The number of rotatable bonds is 2. The van der Waals surface area contributed by atoms with E-state index in [-0.39, 0.29) is 44.8 Å². The molecule has 119 valence electrons. The zero-order chi connectivity index (χ0) is 15.5. The molecule has 0 N–H and O–H groups in total. The topological polar surface area (TPSA) is 32.8 Å². The number of amides is 1. The zero-order valence-electron chi connectivity index (χ0n) is 13.8. The van der Waals surface area contributed by atoms with Crippen molar-refractivity contribution in [3.63, 3.8) is 0 Å². The monoisotopic (exact) mass is 378 g/mol. The van der Waals surface area contributed by atoms with E-state index in [1.54, 1.807) is 4.90 Å². The Kier molecular flexibility index (Phi) is 7.50. The summed E-state index contributed by atoms with van der Waals surface area (Å²) >= 11 is 0. The predicted octanol–water partition coefficient (Wildman–Crippen LogP) is 2.94. The van der Waals surface area contributed by atoms with E-state index in [2.05, 4.69) is 24.0 Å². The Morgan fingerprint density at radius 3 is 2.45 bits per heavy atom. The molecule has 4 nitrogen and oxygen atoms in total. The van der Waals surface area contributed by atoms with Crippen molar-refractivity contribution in [2.75, 3.05) is 19.6 Å². The van der Waals surface area contributed by atoms with Crippen molar-refractivity contribution in [3.8, 4) is 0 Å². The number of hydrogen-bond acceptors (Lipinski definition) is 3. The second kappa shape index (κ2) is 8.42. The summed E-state index contributed by atoms with van der Waals surface area (Å²) in [5.74, 6) is 0. The number of piperazine rings is 1. The molecule has 1 heterocycles. The van der Waals surface area contributed by atoms with Crippen molar-refractivity contribution in [1.82, 2.24) is 9.80 Å². The summed E-state index contributed by atoms with van der Waals surface area (Å²) in [5, 5.41) is 0. The molecule has 1 fully saturated rings. The molecule has 1 amide bonds. The normalized spacial score (nSPS) is 19.5. The standard InChI is InChI=1S/C17H25N2O2.Y/c1-14-12-18(13-15-8-6-5-7-9-15)10-11-19(14)16(20)21-17(2,3)4;/h5-9,14H,1,10-13H2,2-4H3;/q-1;. The molecule has 0 aliphatic carbocycles. The molecule has 1 aliphatic heterocycles. The van der Waals surface area contributed by atoms with Gasteiger partial charge in [-0.25, -0.2) is 4.79 Å². The molecule has 5 heteroatoms. The molecule has 0 saturated carbocycles. The van der Waals surface area contributed by atoms with Crippen LogP contribution in [0.3, 0.4) is 0 Å². The smallest absolute Gasteiger partial charge is 0.408 e. The van der Waals surface area contributed by atoms with Crippen molar-refractivity contribution in [3.05, 3.63) is 42.8 Å². The molecule has 1 saturated heterocycles. The van der Waals surface area contributed by atoms with Crippen molar-refractivity contribution < 1.29 is 42.2 Å². The average Bonchev–Trinajstić information content (AvgIpc) is 2.37. The molecular weight excluding hydrogens is 353 g/mol. The third kappa shape index (κ3) is 5.98. The molecular formula is C17H25N2O2Y-. The third-order valence-corrected chi connectivity index (χ3v) is 3.44. The molecule has 1 aliphatic rings. The summed E-state index contributed by atoms with van der Waals surface area (Å²) in [6.45, 7) is 12.9. The summed E-state index contributed by atoms with van der Waals surface area (Å²) in [7, 11) is 0. The number of carbonyl (C=O) groups is 1. The van der Waals surface area contributed by atoms with Gasteiger partial charge in [0.15, 0.2) is 0 Å². The SMILES string of the molecule is [CH2-]C1CN(Cc2ccccc2)CCN1C(=O)OC(C)(C)C.[Y]. The minimum absolute atomic E-state index is 0. The van der Waals surface area contributed by atoms with Gasteiger partial charge in [-0.05, 0) is 32.9 Å². The Hall–Kier alpha value is -0.446. The molecule has 1 atom stereocenters. The van der Waals surface area contributed by atoms with Crippen molar-refractivity contribution in [1.29, 1.82) is 0 Å². The molecule has 1 unspecified atom stereocenters. The molecule has 0 spiro atoms. The first-order valence-corrected chi connectivity index (χ1v) is 7.44. The fraction of sp³-hybridized carbons (Fsp3) is 0.529. The van der Waals surface area contributed by atoms with Gasteiger partial charge in [0.05, 0.1) is 0 Å². The molecule has 2 rings (SSSR count). The van der Waals surface area contributed by atoms with Gasteiger partial charge in [0.1, 0.15) is 5.60 Å². The van der Waals surface area contributed by atoms with Gasteiger partial charge in [-0.1, -0.05) is 36.4 Å². The number of carbonyl (C=O) groups excluding carboxylic acids is 1. The molecule has 22 heavy (non-hydrogen) atoms. The predicted molar refractivity (Wildman–Crippen MR) is 83.8 cm³/mol. The second-order valence-electron chi connectivity index (χ2n) is 6.55. The zero-order valence-corrected chi connectivity index (χ0v) is 16.6. The van der Waals surface area contributed by atoms with Gasteiger partial charge >= 0.3 is 6.09 Å². The van der Waals surface area contributed by atoms with Crippen LogP contribution in [0.1, 0.15) is 26.3 Å². The van der Waals surface area contributed by atoms with E-state index >= 15 is 0 Å². The number of nitrogens with zero attached hydrogens (tertiary/aromatic N) is 2. The largest absolute Gasteiger partial charge is 0.444 e. The van der Waals surface area contributed by atoms with Gasteiger partial charge in [-0.3, -0.25) is 4.90 Å². The number of benzene rings is 1. The maximum absolute atomic E-state index is 12.1. The first-order chi connectivity index (χ1) is 9.85. The van der Waals surface area contributed by atoms with Crippen molar-refractivity contribution in [2.45, 2.75) is 39.0 Å². The van der Waals surface area contributed by atoms with Crippen LogP contribution in [0.4, 0.5) is 4.79 Å². The molecule has 0 bridgehead atoms. The Balaban J connectivity index is 0.00000242. The summed E-state index contributed by atoms with van der Waals surface area (Å²) in [6, 6.07) is 10.3. The van der Waals surface area contributed by atoms with E-state index in [0.29, 0.717) is 6.54 Å².